The van der Waals surface area contributed by atoms with Crippen molar-refractivity contribution >= 4 is 23.3 Å². The molecule has 1 aromatic heterocycles. The van der Waals surface area contributed by atoms with Crippen LogP contribution in [-0.4, -0.2) is 24.0 Å². The standard InChI is InChI=1S/C13H12N2O4/c1-15(12(16)11-3-2-6-19-11)10-5-4-8(14)7-9(10)13(17)18/h2-7H,14H2,1H3,(H,17,18). The Bertz CT molecular complexity index is 620. The molecule has 0 aliphatic heterocycles. The summed E-state index contributed by atoms with van der Waals surface area (Å²) < 4.78 is 5.00. The number of carboxylic acid groups (broad SMARTS) is 1. The number of aromatic carboxylic acids is 1. The second-order valence-electron chi connectivity index (χ2n) is 3.92. The fourth-order valence-electron chi connectivity index (χ4n) is 1.69. The number of anilines is 2. The summed E-state index contributed by atoms with van der Waals surface area (Å²) in [5.74, 6) is -1.45. The Kier molecular flexibility index (Phi) is 3.24. The Morgan fingerprint density at radius 1 is 1.32 bits per heavy atom. The molecule has 1 heterocycles. The molecule has 0 radical (unpaired) electrons. The number of nitrogens with zero attached hydrogens (tertiary/aromatic N) is 1. The Labute approximate surface area is 109 Å². The number of carbonyl (C=O) groups excluding carboxylic acids is 1. The van der Waals surface area contributed by atoms with E-state index < -0.39 is 11.9 Å². The van der Waals surface area contributed by atoms with E-state index in [1.54, 1.807) is 6.07 Å². The lowest BCUT2D eigenvalue weighted by Gasteiger charge is -2.18. The third kappa shape index (κ3) is 2.42. The van der Waals surface area contributed by atoms with E-state index in [0.29, 0.717) is 5.69 Å². The largest absolute Gasteiger partial charge is 0.478 e. The molecule has 19 heavy (non-hydrogen) atoms. The van der Waals surface area contributed by atoms with Crippen LogP contribution in [0.4, 0.5) is 11.4 Å². The molecule has 2 aromatic rings. The Morgan fingerprint density at radius 3 is 2.63 bits per heavy atom. The van der Waals surface area contributed by atoms with Gasteiger partial charge in [0.2, 0.25) is 0 Å². The molecule has 0 bridgehead atoms. The monoisotopic (exact) mass is 260 g/mol. The van der Waals surface area contributed by atoms with Crippen LogP contribution < -0.4 is 10.6 Å². The minimum Gasteiger partial charge on any atom is -0.478 e. The van der Waals surface area contributed by atoms with Crippen LogP contribution in [0.2, 0.25) is 0 Å². The van der Waals surface area contributed by atoms with E-state index >= 15 is 0 Å². The molecule has 0 saturated carbocycles. The maximum absolute atomic E-state index is 12.1. The van der Waals surface area contributed by atoms with Crippen molar-refractivity contribution in [1.82, 2.24) is 0 Å². The number of nitrogens with two attached hydrogens (primary N) is 1. The molecule has 3 N–H and O–H groups in total. The van der Waals surface area contributed by atoms with Gasteiger partial charge in [0, 0.05) is 12.7 Å². The van der Waals surface area contributed by atoms with Crippen LogP contribution in [0.5, 0.6) is 0 Å². The molecule has 6 nitrogen and oxygen atoms in total. The van der Waals surface area contributed by atoms with E-state index in [4.69, 9.17) is 15.3 Å². The average Bonchev–Trinajstić information content (AvgIpc) is 2.90. The molecule has 1 amide bonds. The summed E-state index contributed by atoms with van der Waals surface area (Å²) in [6, 6.07) is 7.43. The van der Waals surface area contributed by atoms with Crippen LogP contribution >= 0.6 is 0 Å². The van der Waals surface area contributed by atoms with Gasteiger partial charge in [-0.15, -0.1) is 0 Å². The molecular weight excluding hydrogens is 248 g/mol. The van der Waals surface area contributed by atoms with Gasteiger partial charge in [0.1, 0.15) is 0 Å². The first-order valence-electron chi connectivity index (χ1n) is 5.45. The molecule has 0 saturated heterocycles. The van der Waals surface area contributed by atoms with E-state index in [-0.39, 0.29) is 17.0 Å². The van der Waals surface area contributed by atoms with Gasteiger partial charge in [-0.2, -0.15) is 0 Å². The predicted octanol–water partition coefficient (Wildman–Crippen LogP) is 1.84. The van der Waals surface area contributed by atoms with E-state index in [1.807, 2.05) is 0 Å². The fraction of sp³-hybridized carbons (Fsp3) is 0.0769. The van der Waals surface area contributed by atoms with E-state index in [2.05, 4.69) is 0 Å². The van der Waals surface area contributed by atoms with Gasteiger partial charge in [0.25, 0.3) is 5.91 Å². The topological polar surface area (TPSA) is 96.8 Å². The molecule has 1 aromatic carbocycles. The van der Waals surface area contributed by atoms with Gasteiger partial charge >= 0.3 is 5.97 Å². The lowest BCUT2D eigenvalue weighted by Crippen LogP contribution is -2.27. The number of hydrogen-bond donors (Lipinski definition) is 2. The molecule has 6 heteroatoms. The van der Waals surface area contributed by atoms with Crippen molar-refractivity contribution in [2.45, 2.75) is 0 Å². The normalized spacial score (nSPS) is 10.2. The third-order valence-corrected chi connectivity index (χ3v) is 2.65. The fourth-order valence-corrected chi connectivity index (χ4v) is 1.69. The van der Waals surface area contributed by atoms with Gasteiger partial charge in [-0.3, -0.25) is 4.79 Å². The summed E-state index contributed by atoms with van der Waals surface area (Å²) in [7, 11) is 1.48. The maximum atomic E-state index is 12.1. The molecule has 0 fully saturated rings. The van der Waals surface area contributed by atoms with E-state index in [1.165, 1.54) is 42.5 Å². The van der Waals surface area contributed by atoms with E-state index in [9.17, 15) is 9.59 Å². The van der Waals surface area contributed by atoms with E-state index in [0.717, 1.165) is 0 Å². The van der Waals surface area contributed by atoms with Gasteiger partial charge in [0.05, 0.1) is 17.5 Å². The zero-order valence-electron chi connectivity index (χ0n) is 10.2. The first kappa shape index (κ1) is 12.7. The second-order valence-corrected chi connectivity index (χ2v) is 3.92. The number of amides is 1. The lowest BCUT2D eigenvalue weighted by atomic mass is 10.1. The van der Waals surface area contributed by atoms with Crippen molar-refractivity contribution < 1.29 is 19.1 Å². The van der Waals surface area contributed by atoms with Gasteiger partial charge in [0.15, 0.2) is 5.76 Å². The van der Waals surface area contributed by atoms with Crippen LogP contribution in [0, 0.1) is 0 Å². The SMILES string of the molecule is CN(C(=O)c1ccco1)c1ccc(N)cc1C(=O)O. The van der Waals surface area contributed by atoms with Gasteiger partial charge < -0.3 is 20.2 Å². The van der Waals surface area contributed by atoms with Crippen LogP contribution in [0.15, 0.2) is 41.0 Å². The van der Waals surface area contributed by atoms with Crippen molar-refractivity contribution in [3.63, 3.8) is 0 Å². The molecule has 0 spiro atoms. The zero-order chi connectivity index (χ0) is 14.0. The second kappa shape index (κ2) is 4.85. The summed E-state index contributed by atoms with van der Waals surface area (Å²) in [6.07, 6.45) is 1.38. The Morgan fingerprint density at radius 2 is 2.05 bits per heavy atom. The quantitative estimate of drug-likeness (QED) is 0.820. The molecule has 0 unspecified atom stereocenters. The smallest absolute Gasteiger partial charge is 0.337 e. The van der Waals surface area contributed by atoms with Crippen LogP contribution in [0.3, 0.4) is 0 Å². The van der Waals surface area contributed by atoms with Crippen molar-refractivity contribution in [3.8, 4) is 0 Å². The summed E-state index contributed by atoms with van der Waals surface area (Å²) in [5, 5.41) is 9.13. The summed E-state index contributed by atoms with van der Waals surface area (Å²) in [6.45, 7) is 0. The van der Waals surface area contributed by atoms with Crippen molar-refractivity contribution in [2.75, 3.05) is 17.7 Å². The van der Waals surface area contributed by atoms with Crippen molar-refractivity contribution in [1.29, 1.82) is 0 Å². The van der Waals surface area contributed by atoms with Crippen LogP contribution in [-0.2, 0) is 0 Å². The number of benzene rings is 1. The van der Waals surface area contributed by atoms with Gasteiger partial charge in [-0.05, 0) is 30.3 Å². The van der Waals surface area contributed by atoms with Crippen LogP contribution in [0.25, 0.3) is 0 Å². The number of furan rings is 1. The minimum absolute atomic E-state index is 0.0394. The minimum atomic E-state index is -1.15. The highest BCUT2D eigenvalue weighted by molar-refractivity contribution is 6.08. The number of hydrogen-bond acceptors (Lipinski definition) is 4. The molecular formula is C13H12N2O4. The summed E-state index contributed by atoms with van der Waals surface area (Å²) >= 11 is 0. The number of nitrogen functional groups attached to an aromatic ring is 1. The Hall–Kier alpha value is -2.76. The Balaban J connectivity index is 2.41. The van der Waals surface area contributed by atoms with Gasteiger partial charge in [-0.1, -0.05) is 0 Å². The lowest BCUT2D eigenvalue weighted by molar-refractivity contribution is 0.0697. The third-order valence-electron chi connectivity index (χ3n) is 2.65. The molecule has 2 rings (SSSR count). The zero-order valence-corrected chi connectivity index (χ0v) is 10.2. The van der Waals surface area contributed by atoms with Gasteiger partial charge in [-0.25, -0.2) is 4.79 Å². The molecule has 0 aliphatic rings. The van der Waals surface area contributed by atoms with Crippen molar-refractivity contribution in [2.24, 2.45) is 0 Å². The number of carboxylic acids is 1. The summed E-state index contributed by atoms with van der Waals surface area (Å²) in [4.78, 5) is 24.5. The van der Waals surface area contributed by atoms with Crippen molar-refractivity contribution in [3.05, 3.63) is 47.9 Å². The highest BCUT2D eigenvalue weighted by Crippen LogP contribution is 2.23. The highest BCUT2D eigenvalue weighted by Gasteiger charge is 2.21. The first-order valence-corrected chi connectivity index (χ1v) is 5.45. The molecule has 0 aliphatic carbocycles. The number of carbonyl (C=O) groups is 2. The average molecular weight is 260 g/mol. The highest BCUT2D eigenvalue weighted by atomic mass is 16.4. The molecule has 0 atom stereocenters. The summed E-state index contributed by atoms with van der Waals surface area (Å²) in [5.41, 5.74) is 6.08. The van der Waals surface area contributed by atoms with Crippen LogP contribution in [0.1, 0.15) is 20.9 Å². The predicted molar refractivity (Wildman–Crippen MR) is 69.3 cm³/mol. The maximum Gasteiger partial charge on any atom is 0.337 e. The molecule has 98 valence electrons. The number of rotatable bonds is 3. The first-order chi connectivity index (χ1) is 9.00.